The zero-order valence-corrected chi connectivity index (χ0v) is 12.0. The number of rotatable bonds is 3. The summed E-state index contributed by atoms with van der Waals surface area (Å²) < 4.78 is 7.01. The molecule has 0 saturated heterocycles. The Morgan fingerprint density at radius 1 is 1.19 bits per heavy atom. The number of aromatic nitrogens is 2. The second-order valence-corrected chi connectivity index (χ2v) is 4.98. The van der Waals surface area contributed by atoms with Gasteiger partial charge in [0.2, 0.25) is 0 Å². The third-order valence-corrected chi connectivity index (χ3v) is 3.48. The Balaban J connectivity index is 2.01. The van der Waals surface area contributed by atoms with Gasteiger partial charge in [-0.25, -0.2) is 4.98 Å². The Labute approximate surface area is 123 Å². The summed E-state index contributed by atoms with van der Waals surface area (Å²) in [5.41, 5.74) is 4.42. The lowest BCUT2D eigenvalue weighted by Crippen LogP contribution is -1.94. The Morgan fingerprint density at radius 3 is 2.62 bits per heavy atom. The Bertz CT molecular complexity index is 826. The van der Waals surface area contributed by atoms with Crippen LogP contribution < -0.4 is 4.74 Å². The highest BCUT2D eigenvalue weighted by molar-refractivity contribution is 5.49. The number of imidazole rings is 1. The van der Waals surface area contributed by atoms with E-state index in [1.54, 1.807) is 7.11 Å². The van der Waals surface area contributed by atoms with Crippen molar-refractivity contribution in [3.8, 4) is 11.8 Å². The van der Waals surface area contributed by atoms with Crippen LogP contribution in [0.3, 0.4) is 0 Å². The highest BCUT2D eigenvalue weighted by Crippen LogP contribution is 2.18. The number of pyridine rings is 1. The molecule has 0 N–H and O–H groups in total. The first-order valence-corrected chi connectivity index (χ1v) is 6.72. The van der Waals surface area contributed by atoms with Gasteiger partial charge in [0, 0.05) is 12.6 Å². The first-order valence-electron chi connectivity index (χ1n) is 6.72. The van der Waals surface area contributed by atoms with Crippen molar-refractivity contribution >= 4 is 5.65 Å². The molecular formula is C17H15N3O. The molecule has 2 aromatic heterocycles. The second-order valence-electron chi connectivity index (χ2n) is 4.98. The fourth-order valence-electron chi connectivity index (χ4n) is 2.38. The lowest BCUT2D eigenvalue weighted by molar-refractivity contribution is 0.414. The van der Waals surface area contributed by atoms with Gasteiger partial charge in [-0.1, -0.05) is 18.2 Å². The van der Waals surface area contributed by atoms with Crippen LogP contribution in [0.5, 0.6) is 5.75 Å². The molecule has 4 heteroatoms. The van der Waals surface area contributed by atoms with Crippen LogP contribution in [0, 0.1) is 18.3 Å². The molecule has 0 saturated carbocycles. The zero-order chi connectivity index (χ0) is 14.8. The van der Waals surface area contributed by atoms with Crippen molar-refractivity contribution in [3.05, 3.63) is 65.1 Å². The second kappa shape index (κ2) is 5.29. The molecule has 0 atom stereocenters. The third kappa shape index (κ3) is 2.46. The maximum atomic E-state index is 9.43. The van der Waals surface area contributed by atoms with Crippen LogP contribution >= 0.6 is 0 Å². The number of aryl methyl sites for hydroxylation is 1. The molecule has 0 unspecified atom stereocenters. The van der Waals surface area contributed by atoms with Crippen LogP contribution in [0.4, 0.5) is 0 Å². The molecule has 21 heavy (non-hydrogen) atoms. The van der Waals surface area contributed by atoms with Crippen LogP contribution in [-0.4, -0.2) is 16.5 Å². The summed E-state index contributed by atoms with van der Waals surface area (Å²) >= 11 is 0. The summed E-state index contributed by atoms with van der Waals surface area (Å²) in [7, 11) is 1.65. The molecule has 0 bridgehead atoms. The number of ether oxygens (including phenoxy) is 1. The van der Waals surface area contributed by atoms with E-state index in [1.807, 2.05) is 53.9 Å². The van der Waals surface area contributed by atoms with Crippen molar-refractivity contribution in [1.82, 2.24) is 9.38 Å². The molecule has 0 aliphatic carbocycles. The van der Waals surface area contributed by atoms with E-state index in [4.69, 9.17) is 4.74 Å². The predicted molar refractivity (Wildman–Crippen MR) is 80.4 cm³/mol. The maximum absolute atomic E-state index is 9.43. The van der Waals surface area contributed by atoms with E-state index in [0.717, 1.165) is 28.2 Å². The van der Waals surface area contributed by atoms with Gasteiger partial charge in [-0.05, 0) is 36.2 Å². The molecule has 2 heterocycles. The van der Waals surface area contributed by atoms with Gasteiger partial charge in [0.1, 0.15) is 23.2 Å². The third-order valence-electron chi connectivity index (χ3n) is 3.48. The van der Waals surface area contributed by atoms with E-state index in [9.17, 15) is 5.26 Å². The SMILES string of the molecule is COc1ccc(Cc2nc3ccc(C)cn3c2C#N)cc1. The molecule has 0 fully saturated rings. The molecule has 3 aromatic rings. The lowest BCUT2D eigenvalue weighted by atomic mass is 10.1. The van der Waals surface area contributed by atoms with Crippen molar-refractivity contribution in [2.24, 2.45) is 0 Å². The van der Waals surface area contributed by atoms with Crippen molar-refractivity contribution in [3.63, 3.8) is 0 Å². The summed E-state index contributed by atoms with van der Waals surface area (Å²) in [6.07, 6.45) is 2.58. The van der Waals surface area contributed by atoms with Gasteiger partial charge in [0.25, 0.3) is 0 Å². The summed E-state index contributed by atoms with van der Waals surface area (Å²) in [4.78, 5) is 4.57. The first kappa shape index (κ1) is 13.2. The van der Waals surface area contributed by atoms with Gasteiger partial charge >= 0.3 is 0 Å². The molecule has 1 aromatic carbocycles. The number of hydrogen-bond acceptors (Lipinski definition) is 3. The first-order chi connectivity index (χ1) is 10.2. The summed E-state index contributed by atoms with van der Waals surface area (Å²) in [6.45, 7) is 2.00. The normalized spacial score (nSPS) is 10.5. The smallest absolute Gasteiger partial charge is 0.148 e. The summed E-state index contributed by atoms with van der Waals surface area (Å²) in [6, 6.07) is 14.0. The molecule has 0 spiro atoms. The number of methoxy groups -OCH3 is 1. The van der Waals surface area contributed by atoms with Crippen LogP contribution in [-0.2, 0) is 6.42 Å². The van der Waals surface area contributed by atoms with Crippen molar-refractivity contribution in [2.45, 2.75) is 13.3 Å². The number of benzene rings is 1. The monoisotopic (exact) mass is 277 g/mol. The fourth-order valence-corrected chi connectivity index (χ4v) is 2.38. The predicted octanol–water partition coefficient (Wildman–Crippen LogP) is 3.11. The molecule has 4 nitrogen and oxygen atoms in total. The van der Waals surface area contributed by atoms with Crippen LogP contribution in [0.15, 0.2) is 42.6 Å². The largest absolute Gasteiger partial charge is 0.497 e. The molecular weight excluding hydrogens is 262 g/mol. The summed E-state index contributed by atoms with van der Waals surface area (Å²) in [5.74, 6) is 0.824. The minimum absolute atomic E-state index is 0.601. The zero-order valence-electron chi connectivity index (χ0n) is 12.0. The van der Waals surface area contributed by atoms with Crippen LogP contribution in [0.2, 0.25) is 0 Å². The average molecular weight is 277 g/mol. The van der Waals surface area contributed by atoms with E-state index in [0.29, 0.717) is 12.1 Å². The van der Waals surface area contributed by atoms with Crippen molar-refractivity contribution < 1.29 is 4.74 Å². The van der Waals surface area contributed by atoms with Gasteiger partial charge in [0.15, 0.2) is 0 Å². The van der Waals surface area contributed by atoms with Gasteiger partial charge in [-0.15, -0.1) is 0 Å². The average Bonchev–Trinajstić information content (AvgIpc) is 2.84. The minimum Gasteiger partial charge on any atom is -0.497 e. The van der Waals surface area contributed by atoms with E-state index >= 15 is 0 Å². The van der Waals surface area contributed by atoms with E-state index in [2.05, 4.69) is 11.1 Å². The molecule has 104 valence electrons. The van der Waals surface area contributed by atoms with E-state index in [1.165, 1.54) is 0 Å². The van der Waals surface area contributed by atoms with Gasteiger partial charge in [-0.2, -0.15) is 5.26 Å². The molecule has 3 rings (SSSR count). The molecule has 0 radical (unpaired) electrons. The van der Waals surface area contributed by atoms with Crippen LogP contribution in [0.1, 0.15) is 22.5 Å². The van der Waals surface area contributed by atoms with Gasteiger partial charge < -0.3 is 4.74 Å². The standard InChI is InChI=1S/C17H15N3O/c1-12-3-8-17-19-15(16(10-18)20(17)11-12)9-13-4-6-14(21-2)7-5-13/h3-8,11H,9H2,1-2H3. The van der Waals surface area contributed by atoms with E-state index < -0.39 is 0 Å². The Morgan fingerprint density at radius 2 is 1.95 bits per heavy atom. The van der Waals surface area contributed by atoms with Gasteiger partial charge in [0.05, 0.1) is 12.8 Å². The number of hydrogen-bond donors (Lipinski definition) is 0. The summed E-state index contributed by atoms with van der Waals surface area (Å²) in [5, 5.41) is 9.43. The highest BCUT2D eigenvalue weighted by Gasteiger charge is 2.12. The van der Waals surface area contributed by atoms with Crippen molar-refractivity contribution in [1.29, 1.82) is 5.26 Å². The van der Waals surface area contributed by atoms with E-state index in [-0.39, 0.29) is 0 Å². The maximum Gasteiger partial charge on any atom is 0.148 e. The topological polar surface area (TPSA) is 50.3 Å². The number of nitriles is 1. The van der Waals surface area contributed by atoms with Crippen LogP contribution in [0.25, 0.3) is 5.65 Å². The molecule has 0 aliphatic heterocycles. The molecule has 0 aliphatic rings. The highest BCUT2D eigenvalue weighted by atomic mass is 16.5. The number of nitrogens with zero attached hydrogens (tertiary/aromatic N) is 3. The van der Waals surface area contributed by atoms with Crippen molar-refractivity contribution in [2.75, 3.05) is 7.11 Å². The fraction of sp³-hybridized carbons (Fsp3) is 0.176. The molecule has 0 amide bonds. The minimum atomic E-state index is 0.601. The number of fused-ring (bicyclic) bond motifs is 1. The Kier molecular flexibility index (Phi) is 3.33. The Hall–Kier alpha value is -2.80. The lowest BCUT2D eigenvalue weighted by Gasteiger charge is -2.02. The quantitative estimate of drug-likeness (QED) is 0.739. The van der Waals surface area contributed by atoms with Gasteiger partial charge in [-0.3, -0.25) is 4.40 Å².